The second kappa shape index (κ2) is 8.03. The molecule has 106 valence electrons. The second-order valence-corrected chi connectivity index (χ2v) is 6.25. The van der Waals surface area contributed by atoms with Crippen LogP contribution in [0.25, 0.3) is 0 Å². The fourth-order valence-corrected chi connectivity index (χ4v) is 2.96. The van der Waals surface area contributed by atoms with Crippen molar-refractivity contribution in [2.24, 2.45) is 0 Å². The summed E-state index contributed by atoms with van der Waals surface area (Å²) in [7, 11) is 0. The molecular formula is C12H13N3O2S3. The molecule has 0 atom stereocenters. The van der Waals surface area contributed by atoms with E-state index in [9.17, 15) is 4.79 Å². The molecule has 0 saturated heterocycles. The Hall–Kier alpha value is -1.38. The van der Waals surface area contributed by atoms with Crippen LogP contribution in [0.2, 0.25) is 0 Å². The standard InChI is InChI=1S/C12H13N3O2S3/c16-11(17-8-9-4-2-1-3-5-9)13-6-7-19-10-14-12(18)20-15-10/h1-5H,6-8H2,(H,13,16)(H,14,15,18). The van der Waals surface area contributed by atoms with Gasteiger partial charge in [0.2, 0.25) is 0 Å². The number of amides is 1. The molecule has 0 aliphatic rings. The van der Waals surface area contributed by atoms with E-state index in [-0.39, 0.29) is 6.61 Å². The first-order valence-electron chi connectivity index (χ1n) is 5.87. The number of rotatable bonds is 6. The van der Waals surface area contributed by atoms with E-state index in [4.69, 9.17) is 17.0 Å². The van der Waals surface area contributed by atoms with Gasteiger partial charge < -0.3 is 10.1 Å². The summed E-state index contributed by atoms with van der Waals surface area (Å²) in [6.07, 6.45) is -0.416. The van der Waals surface area contributed by atoms with E-state index in [2.05, 4.69) is 14.7 Å². The smallest absolute Gasteiger partial charge is 0.407 e. The Morgan fingerprint density at radius 2 is 2.25 bits per heavy atom. The molecule has 20 heavy (non-hydrogen) atoms. The number of nitrogens with zero attached hydrogens (tertiary/aromatic N) is 1. The van der Waals surface area contributed by atoms with E-state index in [0.717, 1.165) is 10.7 Å². The molecule has 5 nitrogen and oxygen atoms in total. The number of thioether (sulfide) groups is 1. The molecule has 0 aliphatic heterocycles. The van der Waals surface area contributed by atoms with Gasteiger partial charge in [0.25, 0.3) is 0 Å². The molecule has 0 aliphatic carbocycles. The zero-order chi connectivity index (χ0) is 14.2. The van der Waals surface area contributed by atoms with Gasteiger partial charge in [0.05, 0.1) is 0 Å². The maximum Gasteiger partial charge on any atom is 0.407 e. The van der Waals surface area contributed by atoms with Crippen LogP contribution in [0.3, 0.4) is 0 Å². The summed E-state index contributed by atoms with van der Waals surface area (Å²) in [5.74, 6) is 0.704. The molecule has 1 amide bonds. The second-order valence-electron chi connectivity index (χ2n) is 3.72. The summed E-state index contributed by atoms with van der Waals surface area (Å²) >= 11 is 7.73. The Kier molecular flexibility index (Phi) is 6.03. The molecule has 1 aromatic heterocycles. The van der Waals surface area contributed by atoms with Gasteiger partial charge >= 0.3 is 6.09 Å². The van der Waals surface area contributed by atoms with Crippen LogP contribution in [0.15, 0.2) is 35.5 Å². The Balaban J connectivity index is 1.59. The molecule has 0 unspecified atom stereocenters. The maximum atomic E-state index is 11.5. The molecule has 0 radical (unpaired) electrons. The van der Waals surface area contributed by atoms with Gasteiger partial charge in [-0.3, -0.25) is 4.37 Å². The number of hydrogen-bond acceptors (Lipinski definition) is 6. The molecule has 0 fully saturated rings. The molecule has 0 bridgehead atoms. The van der Waals surface area contributed by atoms with Crippen molar-refractivity contribution in [1.82, 2.24) is 14.7 Å². The first kappa shape index (κ1) is 15.0. The Morgan fingerprint density at radius 1 is 1.45 bits per heavy atom. The van der Waals surface area contributed by atoms with Crippen LogP contribution in [0, 0.1) is 3.95 Å². The van der Waals surface area contributed by atoms with Crippen LogP contribution in [-0.4, -0.2) is 27.7 Å². The van der Waals surface area contributed by atoms with Crippen LogP contribution in [0.5, 0.6) is 0 Å². The van der Waals surface area contributed by atoms with Crippen molar-refractivity contribution in [3.63, 3.8) is 0 Å². The molecule has 1 aromatic carbocycles. The highest BCUT2D eigenvalue weighted by Crippen LogP contribution is 2.13. The molecule has 2 rings (SSSR count). The van der Waals surface area contributed by atoms with Crippen molar-refractivity contribution in [2.75, 3.05) is 12.3 Å². The normalized spacial score (nSPS) is 10.2. The van der Waals surface area contributed by atoms with Crippen LogP contribution < -0.4 is 5.32 Å². The fourth-order valence-electron chi connectivity index (χ4n) is 1.35. The number of H-pyrrole nitrogens is 1. The van der Waals surface area contributed by atoms with Crippen LogP contribution in [0.4, 0.5) is 4.79 Å². The minimum Gasteiger partial charge on any atom is -0.445 e. The van der Waals surface area contributed by atoms with Crippen molar-refractivity contribution in [2.45, 2.75) is 11.8 Å². The van der Waals surface area contributed by atoms with Crippen LogP contribution in [-0.2, 0) is 11.3 Å². The van der Waals surface area contributed by atoms with E-state index in [0.29, 0.717) is 16.3 Å². The van der Waals surface area contributed by atoms with Gasteiger partial charge in [-0.1, -0.05) is 42.1 Å². The summed E-state index contributed by atoms with van der Waals surface area (Å²) in [4.78, 5) is 15.6. The lowest BCUT2D eigenvalue weighted by molar-refractivity contribution is 0.140. The van der Waals surface area contributed by atoms with Crippen molar-refractivity contribution in [3.8, 4) is 0 Å². The number of aromatic nitrogens is 2. The van der Waals surface area contributed by atoms with E-state index >= 15 is 0 Å². The topological polar surface area (TPSA) is 67.0 Å². The first-order valence-corrected chi connectivity index (χ1v) is 8.08. The predicted molar refractivity (Wildman–Crippen MR) is 82.7 cm³/mol. The number of aromatic amines is 1. The Labute approximate surface area is 129 Å². The number of carbonyl (C=O) groups is 1. The van der Waals surface area contributed by atoms with Gasteiger partial charge in [0, 0.05) is 12.3 Å². The van der Waals surface area contributed by atoms with Gasteiger partial charge in [-0.05, 0) is 29.3 Å². The minimum atomic E-state index is -0.416. The zero-order valence-corrected chi connectivity index (χ0v) is 12.9. The van der Waals surface area contributed by atoms with Gasteiger partial charge in [-0.2, -0.15) is 0 Å². The lowest BCUT2D eigenvalue weighted by atomic mass is 10.2. The highest BCUT2D eigenvalue weighted by Gasteiger charge is 2.03. The Bertz CT molecular complexity index is 597. The lowest BCUT2D eigenvalue weighted by Crippen LogP contribution is -2.26. The SMILES string of the molecule is O=C(NCCSc1nc(=S)s[nH]1)OCc1ccccc1. The summed E-state index contributed by atoms with van der Waals surface area (Å²) in [5.41, 5.74) is 0.965. The van der Waals surface area contributed by atoms with Crippen molar-refractivity contribution in [1.29, 1.82) is 0 Å². The highest BCUT2D eigenvalue weighted by molar-refractivity contribution is 7.99. The van der Waals surface area contributed by atoms with Crippen molar-refractivity contribution < 1.29 is 9.53 Å². The average Bonchev–Trinajstić information content (AvgIpc) is 2.88. The van der Waals surface area contributed by atoms with Crippen LogP contribution >= 0.6 is 35.5 Å². The largest absolute Gasteiger partial charge is 0.445 e. The molecule has 0 saturated carbocycles. The van der Waals surface area contributed by atoms with E-state index < -0.39 is 6.09 Å². The minimum absolute atomic E-state index is 0.277. The summed E-state index contributed by atoms with van der Waals surface area (Å²) < 4.78 is 8.66. The fraction of sp³-hybridized carbons (Fsp3) is 0.250. The quantitative estimate of drug-likeness (QED) is 0.484. The summed E-state index contributed by atoms with van der Waals surface area (Å²) in [6, 6.07) is 9.56. The number of nitrogens with one attached hydrogen (secondary N) is 2. The monoisotopic (exact) mass is 327 g/mol. The first-order chi connectivity index (χ1) is 9.74. The highest BCUT2D eigenvalue weighted by atomic mass is 32.2. The third-order valence-electron chi connectivity index (χ3n) is 2.24. The van der Waals surface area contributed by atoms with Crippen molar-refractivity contribution in [3.05, 3.63) is 39.8 Å². The number of benzene rings is 1. The summed E-state index contributed by atoms with van der Waals surface area (Å²) in [5, 5.41) is 3.46. The van der Waals surface area contributed by atoms with Crippen LogP contribution in [0.1, 0.15) is 5.56 Å². The van der Waals surface area contributed by atoms with Gasteiger partial charge in [-0.15, -0.1) is 0 Å². The maximum absolute atomic E-state index is 11.5. The van der Waals surface area contributed by atoms with Crippen molar-refractivity contribution >= 4 is 41.6 Å². The molecule has 8 heteroatoms. The van der Waals surface area contributed by atoms with E-state index in [1.165, 1.54) is 23.3 Å². The Morgan fingerprint density at radius 3 is 2.95 bits per heavy atom. The molecular weight excluding hydrogens is 314 g/mol. The lowest BCUT2D eigenvalue weighted by Gasteiger charge is -2.06. The number of carbonyl (C=O) groups excluding carboxylic acids is 1. The number of alkyl carbamates (subject to hydrolysis) is 1. The molecule has 1 heterocycles. The number of ether oxygens (including phenoxy) is 1. The zero-order valence-electron chi connectivity index (χ0n) is 10.5. The van der Waals surface area contributed by atoms with E-state index in [1.54, 1.807) is 0 Å². The molecule has 2 aromatic rings. The molecule has 2 N–H and O–H groups in total. The van der Waals surface area contributed by atoms with Gasteiger partial charge in [-0.25, -0.2) is 9.78 Å². The third kappa shape index (κ3) is 5.32. The number of hydrogen-bond donors (Lipinski definition) is 2. The average molecular weight is 327 g/mol. The predicted octanol–water partition coefficient (Wildman–Crippen LogP) is 3.22. The molecule has 0 spiro atoms. The van der Waals surface area contributed by atoms with E-state index in [1.807, 2.05) is 30.3 Å². The van der Waals surface area contributed by atoms with Gasteiger partial charge in [0.1, 0.15) is 6.61 Å². The van der Waals surface area contributed by atoms with Gasteiger partial charge in [0.15, 0.2) is 9.11 Å². The summed E-state index contributed by atoms with van der Waals surface area (Å²) in [6.45, 7) is 0.787. The third-order valence-corrected chi connectivity index (χ3v) is 4.15.